The van der Waals surface area contributed by atoms with E-state index in [9.17, 15) is 14.8 Å². The second-order valence-corrected chi connectivity index (χ2v) is 11.5. The summed E-state index contributed by atoms with van der Waals surface area (Å²) in [4.78, 5) is 28.9. The highest BCUT2D eigenvalue weighted by molar-refractivity contribution is 6.00. The number of ether oxygens (including phenoxy) is 1. The molecule has 0 aliphatic carbocycles. The Balaban J connectivity index is 1.54. The van der Waals surface area contributed by atoms with E-state index in [0.29, 0.717) is 42.3 Å². The molecule has 4 rings (SSSR count). The summed E-state index contributed by atoms with van der Waals surface area (Å²) < 4.78 is 5.54. The number of piperidine rings is 1. The van der Waals surface area contributed by atoms with Crippen LogP contribution in [0.25, 0.3) is 0 Å². The van der Waals surface area contributed by atoms with Crippen molar-refractivity contribution in [3.63, 3.8) is 0 Å². The Morgan fingerprint density at radius 1 is 1.08 bits per heavy atom. The average molecular weight is 530 g/mol. The molecule has 1 aliphatic heterocycles. The van der Waals surface area contributed by atoms with Crippen molar-refractivity contribution in [3.05, 3.63) is 105 Å². The molecule has 7 nitrogen and oxygen atoms in total. The van der Waals surface area contributed by atoms with E-state index in [1.165, 1.54) is 11.1 Å². The van der Waals surface area contributed by atoms with Gasteiger partial charge in [0.1, 0.15) is 5.60 Å². The van der Waals surface area contributed by atoms with E-state index in [1.807, 2.05) is 32.9 Å². The maximum absolute atomic E-state index is 12.4. The van der Waals surface area contributed by atoms with Crippen molar-refractivity contribution in [2.45, 2.75) is 71.3 Å². The number of likely N-dealkylation sites (tertiary alicyclic amines) is 1. The summed E-state index contributed by atoms with van der Waals surface area (Å²) in [5.41, 5.74) is 5.85. The SMILES string of the molecule is Cc1ccccc1[C@H](C/C(=N\O)c1c[nH]c(=O)c(C)c1)c1ccc(C2CCN(C(=O)OC(C)(C)C)CC2)cc1. The number of nitrogens with zero attached hydrogens (tertiary/aromatic N) is 2. The van der Waals surface area contributed by atoms with Crippen molar-refractivity contribution in [1.29, 1.82) is 0 Å². The molecule has 206 valence electrons. The topological polar surface area (TPSA) is 95.0 Å². The highest BCUT2D eigenvalue weighted by Crippen LogP contribution is 2.34. The minimum Gasteiger partial charge on any atom is -0.444 e. The van der Waals surface area contributed by atoms with E-state index in [4.69, 9.17) is 4.74 Å². The molecule has 1 aliphatic rings. The Morgan fingerprint density at radius 3 is 2.33 bits per heavy atom. The number of benzene rings is 2. The maximum Gasteiger partial charge on any atom is 0.410 e. The summed E-state index contributed by atoms with van der Waals surface area (Å²) >= 11 is 0. The normalized spacial score (nSPS) is 15.7. The van der Waals surface area contributed by atoms with Crippen molar-refractivity contribution in [2.75, 3.05) is 13.1 Å². The van der Waals surface area contributed by atoms with Gasteiger partial charge in [0.05, 0.1) is 5.71 Å². The number of aryl methyl sites for hydroxylation is 2. The van der Waals surface area contributed by atoms with Crippen molar-refractivity contribution in [1.82, 2.24) is 9.88 Å². The first kappa shape index (κ1) is 28.1. The zero-order chi connectivity index (χ0) is 28.2. The fraction of sp³-hybridized carbons (Fsp3) is 0.406. The van der Waals surface area contributed by atoms with Crippen LogP contribution in [0, 0.1) is 13.8 Å². The molecule has 1 aromatic heterocycles. The van der Waals surface area contributed by atoms with E-state index in [-0.39, 0.29) is 17.6 Å². The van der Waals surface area contributed by atoms with Crippen molar-refractivity contribution >= 4 is 11.8 Å². The highest BCUT2D eigenvalue weighted by Gasteiger charge is 2.28. The van der Waals surface area contributed by atoms with E-state index >= 15 is 0 Å². The first-order valence-electron chi connectivity index (χ1n) is 13.6. The molecule has 0 spiro atoms. The van der Waals surface area contributed by atoms with Gasteiger partial charge in [-0.1, -0.05) is 53.7 Å². The first-order valence-corrected chi connectivity index (χ1v) is 13.6. The Hall–Kier alpha value is -3.87. The van der Waals surface area contributed by atoms with Gasteiger partial charge in [0.2, 0.25) is 0 Å². The van der Waals surface area contributed by atoms with Gasteiger partial charge in [-0.15, -0.1) is 0 Å². The molecule has 1 amide bonds. The number of carbonyl (C=O) groups is 1. The molecule has 1 saturated heterocycles. The lowest BCUT2D eigenvalue weighted by Crippen LogP contribution is -2.41. The second kappa shape index (κ2) is 11.9. The van der Waals surface area contributed by atoms with Crippen LogP contribution in [0.4, 0.5) is 4.79 Å². The summed E-state index contributed by atoms with van der Waals surface area (Å²) in [6.07, 6.45) is 3.63. The van der Waals surface area contributed by atoms with Gasteiger partial charge in [0, 0.05) is 42.8 Å². The molecule has 2 heterocycles. The van der Waals surface area contributed by atoms with Crippen LogP contribution in [0.15, 0.2) is 70.7 Å². The van der Waals surface area contributed by atoms with Gasteiger partial charge in [0.15, 0.2) is 0 Å². The fourth-order valence-corrected chi connectivity index (χ4v) is 5.28. The van der Waals surface area contributed by atoms with E-state index in [1.54, 1.807) is 24.1 Å². The Morgan fingerprint density at radius 2 is 1.74 bits per heavy atom. The van der Waals surface area contributed by atoms with Crippen LogP contribution >= 0.6 is 0 Å². The zero-order valence-corrected chi connectivity index (χ0v) is 23.5. The number of H-pyrrole nitrogens is 1. The molecule has 2 aromatic carbocycles. The van der Waals surface area contributed by atoms with E-state index in [0.717, 1.165) is 24.0 Å². The molecular formula is C32H39N3O4. The van der Waals surface area contributed by atoms with Crippen LogP contribution in [0.1, 0.15) is 85.3 Å². The predicted octanol–water partition coefficient (Wildman–Crippen LogP) is 6.51. The molecule has 2 N–H and O–H groups in total. The summed E-state index contributed by atoms with van der Waals surface area (Å²) in [5, 5.41) is 13.6. The highest BCUT2D eigenvalue weighted by atomic mass is 16.6. The largest absolute Gasteiger partial charge is 0.444 e. The molecule has 7 heteroatoms. The van der Waals surface area contributed by atoms with Gasteiger partial charge in [-0.25, -0.2) is 4.79 Å². The van der Waals surface area contributed by atoms with Gasteiger partial charge < -0.3 is 19.8 Å². The van der Waals surface area contributed by atoms with Crippen LogP contribution in [0.2, 0.25) is 0 Å². The van der Waals surface area contributed by atoms with Crippen LogP contribution < -0.4 is 5.56 Å². The quantitative estimate of drug-likeness (QED) is 0.216. The zero-order valence-electron chi connectivity index (χ0n) is 23.5. The predicted molar refractivity (Wildman–Crippen MR) is 154 cm³/mol. The second-order valence-electron chi connectivity index (χ2n) is 11.5. The van der Waals surface area contributed by atoms with Crippen molar-refractivity contribution in [2.24, 2.45) is 5.16 Å². The summed E-state index contributed by atoms with van der Waals surface area (Å²) in [6.45, 7) is 10.9. The molecule has 1 fully saturated rings. The third-order valence-corrected chi connectivity index (χ3v) is 7.46. The number of nitrogens with one attached hydrogen (secondary N) is 1. The standard InChI is InChI=1S/C32H39N3O4/c1-21-8-6-7-9-27(21)28(19-29(34-38)26-18-22(2)30(36)33-20-26)25-12-10-23(11-13-25)24-14-16-35(17-15-24)31(37)39-32(3,4)5/h6-13,18,20,24,28,38H,14-17,19H2,1-5H3,(H,33,36)/b34-29+/t28-/m1/s1. The van der Waals surface area contributed by atoms with Gasteiger partial charge in [0.25, 0.3) is 5.56 Å². The van der Waals surface area contributed by atoms with Crippen LogP contribution in [0.3, 0.4) is 0 Å². The smallest absolute Gasteiger partial charge is 0.410 e. The summed E-state index contributed by atoms with van der Waals surface area (Å²) in [5.74, 6) is 0.348. The average Bonchev–Trinajstić information content (AvgIpc) is 2.91. The monoisotopic (exact) mass is 529 g/mol. The first-order chi connectivity index (χ1) is 18.6. The number of hydrogen-bond donors (Lipinski definition) is 2. The van der Waals surface area contributed by atoms with E-state index in [2.05, 4.69) is 53.5 Å². The number of hydrogen-bond acceptors (Lipinski definition) is 5. The Kier molecular flexibility index (Phi) is 8.58. The van der Waals surface area contributed by atoms with Crippen molar-refractivity contribution in [3.8, 4) is 0 Å². The lowest BCUT2D eigenvalue weighted by molar-refractivity contribution is 0.0205. The summed E-state index contributed by atoms with van der Waals surface area (Å²) in [7, 11) is 0. The molecule has 39 heavy (non-hydrogen) atoms. The molecule has 1 atom stereocenters. The minimum atomic E-state index is -0.491. The van der Waals surface area contributed by atoms with Gasteiger partial charge in [-0.2, -0.15) is 0 Å². The molecule has 0 saturated carbocycles. The number of pyridine rings is 1. The van der Waals surface area contributed by atoms with Crippen LogP contribution in [-0.2, 0) is 4.74 Å². The van der Waals surface area contributed by atoms with Gasteiger partial charge in [-0.3, -0.25) is 4.79 Å². The maximum atomic E-state index is 12.4. The van der Waals surface area contributed by atoms with Crippen molar-refractivity contribution < 1.29 is 14.7 Å². The number of aromatic nitrogens is 1. The number of aromatic amines is 1. The summed E-state index contributed by atoms with van der Waals surface area (Å²) in [6, 6.07) is 18.7. The van der Waals surface area contributed by atoms with Crippen LogP contribution in [-0.4, -0.2) is 45.6 Å². The van der Waals surface area contributed by atoms with Gasteiger partial charge in [-0.05, 0) is 81.7 Å². The molecule has 0 unspecified atom stereocenters. The molecule has 0 radical (unpaired) electrons. The molecule has 3 aromatic rings. The van der Waals surface area contributed by atoms with Crippen LogP contribution in [0.5, 0.6) is 0 Å². The minimum absolute atomic E-state index is 0.0348. The molecular weight excluding hydrogens is 490 g/mol. The lowest BCUT2D eigenvalue weighted by atomic mass is 9.82. The number of rotatable bonds is 6. The Labute approximate surface area is 230 Å². The third-order valence-electron chi connectivity index (χ3n) is 7.46. The number of amides is 1. The Bertz CT molecular complexity index is 1380. The van der Waals surface area contributed by atoms with Gasteiger partial charge >= 0.3 is 6.09 Å². The number of carbonyl (C=O) groups excluding carboxylic acids is 1. The molecule has 0 bridgehead atoms. The fourth-order valence-electron chi connectivity index (χ4n) is 5.28. The lowest BCUT2D eigenvalue weighted by Gasteiger charge is -2.33. The third kappa shape index (κ3) is 6.96. The number of oxime groups is 1. The van der Waals surface area contributed by atoms with E-state index < -0.39 is 5.60 Å².